The van der Waals surface area contributed by atoms with Crippen molar-refractivity contribution in [1.82, 2.24) is 10.3 Å². The summed E-state index contributed by atoms with van der Waals surface area (Å²) < 4.78 is 6.24. The molecule has 5 aliphatic carbocycles. The normalized spacial score (nSPS) is 32.1. The summed E-state index contributed by atoms with van der Waals surface area (Å²) in [6.07, 6.45) is 17.3. The Bertz CT molecular complexity index is 1720. The van der Waals surface area contributed by atoms with Crippen LogP contribution in [0.25, 0.3) is 0 Å². The van der Waals surface area contributed by atoms with Gasteiger partial charge in [0.2, 0.25) is 5.91 Å². The van der Waals surface area contributed by atoms with Gasteiger partial charge < -0.3 is 15.2 Å². The maximum atomic E-state index is 14.0. The minimum Gasteiger partial charge on any atom is -0.481 e. The lowest BCUT2D eigenvalue weighted by Gasteiger charge is -2.66. The Morgan fingerprint density at radius 2 is 1.75 bits per heavy atom. The lowest BCUT2D eigenvalue weighted by atomic mass is 9.38. The van der Waals surface area contributed by atoms with E-state index in [1.807, 2.05) is 18.2 Å². The number of aromatic nitrogens is 1. The number of unbranched alkanes of at least 4 members (excludes halogenated alkanes) is 1. The maximum Gasteiger partial charge on any atom is 0.309 e. The molecular weight excluding hydrogens is 689 g/mol. The summed E-state index contributed by atoms with van der Waals surface area (Å²) in [5.74, 6) is 0.0122. The van der Waals surface area contributed by atoms with Crippen LogP contribution in [0, 0.1) is 50.7 Å². The predicted molar refractivity (Wildman–Crippen MR) is 215 cm³/mol. The van der Waals surface area contributed by atoms with E-state index in [9.17, 15) is 24.3 Å². The molecule has 4 fully saturated rings. The van der Waals surface area contributed by atoms with Crippen LogP contribution in [0.4, 0.5) is 0 Å². The van der Waals surface area contributed by atoms with Gasteiger partial charge in [-0.1, -0.05) is 73.5 Å². The molecule has 0 radical (unpaired) electrons. The second kappa shape index (κ2) is 14.9. The number of esters is 1. The molecule has 7 atom stereocenters. The van der Waals surface area contributed by atoms with Crippen molar-refractivity contribution in [2.45, 2.75) is 164 Å². The largest absolute Gasteiger partial charge is 0.481 e. The van der Waals surface area contributed by atoms with Crippen molar-refractivity contribution in [2.75, 3.05) is 0 Å². The molecule has 0 aromatic carbocycles. The summed E-state index contributed by atoms with van der Waals surface area (Å²) in [6, 6.07) is 5.85. The number of fused-ring (bicyclic) bond motifs is 5. The number of allylic oxidation sites excluding steroid dienone is 3. The van der Waals surface area contributed by atoms with Gasteiger partial charge >= 0.3 is 11.9 Å². The third-order valence-electron chi connectivity index (χ3n) is 15.9. The van der Waals surface area contributed by atoms with Crippen LogP contribution in [-0.2, 0) is 29.5 Å². The van der Waals surface area contributed by atoms with Gasteiger partial charge in [-0.25, -0.2) is 0 Å². The number of pyridine rings is 1. The fraction of sp³-hybridized carbons (Fsp3) is 0.723. The molecule has 1 amide bonds. The van der Waals surface area contributed by atoms with Crippen molar-refractivity contribution in [1.29, 1.82) is 0 Å². The summed E-state index contributed by atoms with van der Waals surface area (Å²) in [5.41, 5.74) is 1.09. The van der Waals surface area contributed by atoms with Crippen LogP contribution in [0.15, 0.2) is 47.7 Å². The van der Waals surface area contributed by atoms with Crippen molar-refractivity contribution in [3.05, 3.63) is 53.4 Å². The number of carboxylic acid groups (broad SMARTS) is 1. The maximum absolute atomic E-state index is 14.0. The van der Waals surface area contributed by atoms with Crippen molar-refractivity contribution in [3.63, 3.8) is 0 Å². The Morgan fingerprint density at radius 1 is 1.02 bits per heavy atom. The number of amides is 1. The number of rotatable bonds is 14. The number of nitrogens with one attached hydrogen (secondary N) is 1. The Hall–Kier alpha value is -3.29. The van der Waals surface area contributed by atoms with E-state index in [1.54, 1.807) is 26.1 Å². The predicted octanol–water partition coefficient (Wildman–Crippen LogP) is 9.92. The van der Waals surface area contributed by atoms with Crippen LogP contribution >= 0.6 is 0 Å². The molecule has 55 heavy (non-hydrogen) atoms. The standard InChI is InChI=1S/C47H68N2O6/c1-10-11-15-36(55-38(52)29-42(4,5)41(53)54)43(6,7)31-18-20-44(8)32(27-31)16-17-33-40-39(30(2)3)34(50)28-46(40,23-22-45(33,44)9)21-19-37(51)49-47(24-25-47)35-14-12-13-26-48-35/h12-14,19,21,26,30-33,36H,10-11,15-18,20,22-25,27-29H2,1-9H3,(H,49,51)(H,53,54)/b21-19+/t31-,32-,33-,36+,44-,45-,46+/m1/s1. The third-order valence-corrected chi connectivity index (χ3v) is 15.9. The Labute approximate surface area is 330 Å². The van der Waals surface area contributed by atoms with Crippen LogP contribution in [-0.4, -0.2) is 39.8 Å². The molecule has 0 aliphatic heterocycles. The Kier molecular flexibility index (Phi) is 11.2. The number of carbonyl (C=O) groups is 4. The lowest BCUT2D eigenvalue weighted by molar-refractivity contribution is -0.172. The van der Waals surface area contributed by atoms with Gasteiger partial charge in [-0.2, -0.15) is 0 Å². The molecule has 5 aliphatic rings. The zero-order valence-corrected chi connectivity index (χ0v) is 35.2. The van der Waals surface area contributed by atoms with Crippen molar-refractivity contribution >= 4 is 23.6 Å². The molecule has 1 heterocycles. The minimum atomic E-state index is -1.18. The van der Waals surface area contributed by atoms with Gasteiger partial charge in [0.25, 0.3) is 0 Å². The number of ketones is 1. The first-order valence-electron chi connectivity index (χ1n) is 21.4. The molecule has 8 nitrogen and oxygen atoms in total. The fourth-order valence-electron chi connectivity index (χ4n) is 11.9. The number of carbonyl (C=O) groups excluding carboxylic acids is 3. The summed E-state index contributed by atoms with van der Waals surface area (Å²) in [6.45, 7) is 19.2. The van der Waals surface area contributed by atoms with E-state index in [4.69, 9.17) is 4.74 Å². The molecule has 4 saturated carbocycles. The van der Waals surface area contributed by atoms with Crippen molar-refractivity contribution in [3.8, 4) is 0 Å². The van der Waals surface area contributed by atoms with E-state index in [0.29, 0.717) is 18.3 Å². The highest BCUT2D eigenvalue weighted by Crippen LogP contribution is 2.72. The molecule has 302 valence electrons. The average molecular weight is 757 g/mol. The Balaban J connectivity index is 1.23. The summed E-state index contributed by atoms with van der Waals surface area (Å²) in [4.78, 5) is 57.1. The second-order valence-corrected chi connectivity index (χ2v) is 20.3. The van der Waals surface area contributed by atoms with Gasteiger partial charge in [0.15, 0.2) is 5.78 Å². The van der Waals surface area contributed by atoms with E-state index in [0.717, 1.165) is 88.3 Å². The van der Waals surface area contributed by atoms with E-state index in [-0.39, 0.29) is 52.3 Å². The third kappa shape index (κ3) is 7.38. The van der Waals surface area contributed by atoms with Gasteiger partial charge in [-0.3, -0.25) is 24.2 Å². The number of hydrogen-bond acceptors (Lipinski definition) is 6. The molecule has 1 aromatic rings. The highest BCUT2D eigenvalue weighted by atomic mass is 16.5. The molecule has 2 N–H and O–H groups in total. The molecule has 0 bridgehead atoms. The fourth-order valence-corrected chi connectivity index (χ4v) is 11.9. The summed E-state index contributed by atoms with van der Waals surface area (Å²) in [5, 5.41) is 12.9. The number of ether oxygens (including phenoxy) is 1. The number of carboxylic acids is 1. The monoisotopic (exact) mass is 757 g/mol. The molecule has 0 spiro atoms. The van der Waals surface area contributed by atoms with Crippen LogP contribution < -0.4 is 5.32 Å². The molecule has 0 saturated heterocycles. The van der Waals surface area contributed by atoms with Crippen LogP contribution in [0.1, 0.15) is 158 Å². The summed E-state index contributed by atoms with van der Waals surface area (Å²) in [7, 11) is 0. The first kappa shape index (κ1) is 41.3. The zero-order valence-electron chi connectivity index (χ0n) is 35.2. The zero-order chi connectivity index (χ0) is 40.2. The minimum absolute atomic E-state index is 0.0122. The van der Waals surface area contributed by atoms with E-state index >= 15 is 0 Å². The Morgan fingerprint density at radius 3 is 2.36 bits per heavy atom. The topological polar surface area (TPSA) is 123 Å². The SMILES string of the molecule is CCCC[C@H](OC(=O)CC(C)(C)C(=O)O)C(C)(C)[C@@H]1CC[C@]2(C)[C@H](CC[C@@H]3C4=C(C(C)C)C(=O)C[C@]4(/C=C/C(=O)NC4(c5ccccn5)CC4)CC[C@]32C)C1. The van der Waals surface area contributed by atoms with Gasteiger partial charge in [-0.05, 0) is 142 Å². The highest BCUT2D eigenvalue weighted by molar-refractivity contribution is 6.01. The van der Waals surface area contributed by atoms with E-state index in [1.165, 1.54) is 5.57 Å². The van der Waals surface area contributed by atoms with Gasteiger partial charge in [-0.15, -0.1) is 0 Å². The second-order valence-electron chi connectivity index (χ2n) is 20.3. The number of aliphatic carboxylic acids is 1. The highest BCUT2D eigenvalue weighted by Gasteiger charge is 2.65. The molecule has 8 heteroatoms. The van der Waals surface area contributed by atoms with E-state index < -0.39 is 28.3 Å². The van der Waals surface area contributed by atoms with Gasteiger partial charge in [0.05, 0.1) is 23.1 Å². The number of nitrogens with zero attached hydrogens (tertiary/aromatic N) is 1. The first-order chi connectivity index (χ1) is 25.8. The molecule has 6 rings (SSSR count). The number of Topliss-reactive ketones (excluding diaryl/α,β-unsaturated/α-hetero) is 1. The smallest absolute Gasteiger partial charge is 0.309 e. The van der Waals surface area contributed by atoms with Crippen molar-refractivity contribution < 1.29 is 29.0 Å². The summed E-state index contributed by atoms with van der Waals surface area (Å²) >= 11 is 0. The van der Waals surface area contributed by atoms with Gasteiger partial charge in [0, 0.05) is 23.4 Å². The quantitative estimate of drug-likeness (QED) is 0.143. The molecule has 1 aromatic heterocycles. The number of hydrogen-bond donors (Lipinski definition) is 2. The first-order valence-corrected chi connectivity index (χ1v) is 21.4. The van der Waals surface area contributed by atoms with Gasteiger partial charge in [0.1, 0.15) is 6.10 Å². The average Bonchev–Trinajstić information content (AvgIpc) is 3.83. The molecule has 0 unspecified atom stereocenters. The van der Waals surface area contributed by atoms with Crippen molar-refractivity contribution in [2.24, 2.45) is 50.7 Å². The van der Waals surface area contributed by atoms with Crippen LogP contribution in [0.5, 0.6) is 0 Å². The lowest BCUT2D eigenvalue weighted by Crippen LogP contribution is -2.58. The van der Waals surface area contributed by atoms with Crippen LogP contribution in [0.2, 0.25) is 0 Å². The molecular formula is C47H68N2O6. The van der Waals surface area contributed by atoms with E-state index in [2.05, 4.69) is 64.8 Å². The van der Waals surface area contributed by atoms with Crippen LogP contribution in [0.3, 0.4) is 0 Å².